The third-order valence-corrected chi connectivity index (χ3v) is 6.53. The van der Waals surface area contributed by atoms with Gasteiger partial charge in [0.25, 0.3) is 0 Å². The third kappa shape index (κ3) is 5.00. The van der Waals surface area contributed by atoms with Crippen molar-refractivity contribution in [2.45, 2.75) is 18.6 Å². The first-order valence-electron chi connectivity index (χ1n) is 11.2. The molecule has 9 heteroatoms. The van der Waals surface area contributed by atoms with E-state index in [-0.39, 0.29) is 24.3 Å². The molecule has 0 bridgehead atoms. The number of nitrogens with zero attached hydrogens (tertiary/aromatic N) is 4. The van der Waals surface area contributed by atoms with E-state index in [9.17, 15) is 9.18 Å². The second kappa shape index (κ2) is 10.2. The average molecular weight is 491 g/mol. The number of fused-ring (bicyclic) bond motifs is 1. The summed E-state index contributed by atoms with van der Waals surface area (Å²) in [6.45, 7) is 3.21. The Labute approximate surface area is 206 Å². The summed E-state index contributed by atoms with van der Waals surface area (Å²) in [6.07, 6.45) is 0. The Bertz CT molecular complexity index is 1330. The molecular formula is C26H23FN4O3S. The van der Waals surface area contributed by atoms with Gasteiger partial charge in [-0.2, -0.15) is 0 Å². The highest BCUT2D eigenvalue weighted by Crippen LogP contribution is 2.33. The molecule has 1 amide bonds. The molecule has 178 valence electrons. The monoisotopic (exact) mass is 490 g/mol. The van der Waals surface area contributed by atoms with Gasteiger partial charge in [0, 0.05) is 24.3 Å². The molecule has 1 aromatic heterocycles. The van der Waals surface area contributed by atoms with E-state index in [1.807, 2.05) is 60.0 Å². The highest BCUT2D eigenvalue weighted by molar-refractivity contribution is 7.99. The Balaban J connectivity index is 1.34. The maximum absolute atomic E-state index is 13.5. The Kier molecular flexibility index (Phi) is 6.67. The number of aromatic nitrogens is 3. The topological polar surface area (TPSA) is 69.5 Å². The van der Waals surface area contributed by atoms with Crippen molar-refractivity contribution in [1.29, 1.82) is 0 Å². The lowest BCUT2D eigenvalue weighted by Gasteiger charge is -2.21. The number of amides is 1. The Hall–Kier alpha value is -3.85. The smallest absolute Gasteiger partial charge is 0.233 e. The molecule has 0 saturated heterocycles. The molecule has 0 atom stereocenters. The van der Waals surface area contributed by atoms with Crippen molar-refractivity contribution in [3.8, 4) is 28.6 Å². The lowest BCUT2D eigenvalue weighted by Crippen LogP contribution is -2.31. The van der Waals surface area contributed by atoms with Crippen LogP contribution in [0, 0.1) is 5.82 Å². The molecular weight excluding hydrogens is 467 g/mol. The minimum atomic E-state index is -0.318. The first-order valence-corrected chi connectivity index (χ1v) is 12.2. The van der Waals surface area contributed by atoms with E-state index >= 15 is 0 Å². The van der Waals surface area contributed by atoms with Crippen molar-refractivity contribution in [3.05, 3.63) is 84.2 Å². The lowest BCUT2D eigenvalue weighted by atomic mass is 10.2. The largest absolute Gasteiger partial charge is 0.454 e. The molecule has 7 nitrogen and oxygen atoms in total. The minimum absolute atomic E-state index is 0.0129. The Morgan fingerprint density at radius 1 is 1.03 bits per heavy atom. The summed E-state index contributed by atoms with van der Waals surface area (Å²) in [5, 5.41) is 9.29. The molecule has 5 rings (SSSR count). The van der Waals surface area contributed by atoms with Crippen LogP contribution in [-0.2, 0) is 11.3 Å². The van der Waals surface area contributed by atoms with Crippen LogP contribution in [0.1, 0.15) is 12.5 Å². The molecule has 0 saturated carbocycles. The number of benzene rings is 3. The van der Waals surface area contributed by atoms with Gasteiger partial charge < -0.3 is 14.4 Å². The first kappa shape index (κ1) is 22.9. The van der Waals surface area contributed by atoms with E-state index in [1.165, 1.54) is 23.9 Å². The van der Waals surface area contributed by atoms with Gasteiger partial charge in [-0.25, -0.2) is 4.39 Å². The zero-order valence-electron chi connectivity index (χ0n) is 19.1. The van der Waals surface area contributed by atoms with Gasteiger partial charge in [-0.15, -0.1) is 10.2 Å². The number of thioether (sulfide) groups is 1. The molecule has 3 aromatic carbocycles. The summed E-state index contributed by atoms with van der Waals surface area (Å²) in [6, 6.07) is 21.5. The van der Waals surface area contributed by atoms with E-state index < -0.39 is 0 Å². The van der Waals surface area contributed by atoms with Crippen LogP contribution >= 0.6 is 11.8 Å². The number of halogens is 1. The van der Waals surface area contributed by atoms with E-state index in [4.69, 9.17) is 9.47 Å². The molecule has 1 aliphatic heterocycles. The second-order valence-electron chi connectivity index (χ2n) is 7.87. The van der Waals surface area contributed by atoms with Gasteiger partial charge in [-0.05, 0) is 61.0 Å². The number of carbonyl (C=O) groups excluding carboxylic acids is 1. The lowest BCUT2D eigenvalue weighted by molar-refractivity contribution is -0.128. The molecule has 0 spiro atoms. The summed E-state index contributed by atoms with van der Waals surface area (Å²) >= 11 is 1.32. The molecule has 0 aliphatic carbocycles. The van der Waals surface area contributed by atoms with Crippen LogP contribution in [0.3, 0.4) is 0 Å². The van der Waals surface area contributed by atoms with Gasteiger partial charge in [0.1, 0.15) is 5.82 Å². The van der Waals surface area contributed by atoms with Crippen LogP contribution in [0.2, 0.25) is 0 Å². The number of carbonyl (C=O) groups is 1. The van der Waals surface area contributed by atoms with E-state index in [2.05, 4.69) is 10.2 Å². The average Bonchev–Trinajstić information content (AvgIpc) is 3.53. The summed E-state index contributed by atoms with van der Waals surface area (Å²) in [5.74, 6) is 1.87. The molecule has 1 aliphatic rings. The second-order valence-corrected chi connectivity index (χ2v) is 8.81. The van der Waals surface area contributed by atoms with Crippen LogP contribution < -0.4 is 9.47 Å². The fourth-order valence-electron chi connectivity index (χ4n) is 3.81. The predicted molar refractivity (Wildman–Crippen MR) is 131 cm³/mol. The number of ether oxygens (including phenoxy) is 2. The van der Waals surface area contributed by atoms with Gasteiger partial charge in [0.05, 0.1) is 5.75 Å². The summed E-state index contributed by atoms with van der Waals surface area (Å²) < 4.78 is 26.2. The molecule has 2 heterocycles. The van der Waals surface area contributed by atoms with Crippen molar-refractivity contribution >= 4 is 17.7 Å². The maximum atomic E-state index is 13.5. The SMILES string of the molecule is CCN(Cc1ccc2c(c1)OCO2)C(=O)CSc1nnc(-c2ccc(F)cc2)n1-c1ccccc1. The van der Waals surface area contributed by atoms with Crippen LogP contribution in [-0.4, -0.2) is 44.7 Å². The number of hydrogen-bond donors (Lipinski definition) is 0. The highest BCUT2D eigenvalue weighted by Gasteiger charge is 2.20. The zero-order valence-corrected chi connectivity index (χ0v) is 19.9. The minimum Gasteiger partial charge on any atom is -0.454 e. The van der Waals surface area contributed by atoms with Crippen molar-refractivity contribution in [2.75, 3.05) is 19.1 Å². The fourth-order valence-corrected chi connectivity index (χ4v) is 4.67. The van der Waals surface area contributed by atoms with Crippen molar-refractivity contribution in [1.82, 2.24) is 19.7 Å². The molecule has 35 heavy (non-hydrogen) atoms. The van der Waals surface area contributed by atoms with E-state index in [1.54, 1.807) is 17.0 Å². The van der Waals surface area contributed by atoms with Gasteiger partial charge in [0.15, 0.2) is 22.5 Å². The van der Waals surface area contributed by atoms with Crippen molar-refractivity contribution in [3.63, 3.8) is 0 Å². The Morgan fingerprint density at radius 2 is 1.80 bits per heavy atom. The molecule has 0 radical (unpaired) electrons. The molecule has 0 fully saturated rings. The van der Waals surface area contributed by atoms with Crippen LogP contribution in [0.15, 0.2) is 78.0 Å². The molecule has 4 aromatic rings. The van der Waals surface area contributed by atoms with Crippen LogP contribution in [0.25, 0.3) is 17.1 Å². The number of para-hydroxylation sites is 1. The molecule has 0 N–H and O–H groups in total. The van der Waals surface area contributed by atoms with Gasteiger partial charge >= 0.3 is 0 Å². The fraction of sp³-hybridized carbons (Fsp3) is 0.192. The van der Waals surface area contributed by atoms with E-state index in [0.29, 0.717) is 29.8 Å². The summed E-state index contributed by atoms with van der Waals surface area (Å²) in [5.41, 5.74) is 2.57. The summed E-state index contributed by atoms with van der Waals surface area (Å²) in [4.78, 5) is 14.9. The summed E-state index contributed by atoms with van der Waals surface area (Å²) in [7, 11) is 0. The van der Waals surface area contributed by atoms with E-state index in [0.717, 1.165) is 22.6 Å². The van der Waals surface area contributed by atoms with Gasteiger partial charge in [-0.1, -0.05) is 36.0 Å². The quantitative estimate of drug-likeness (QED) is 0.326. The normalized spacial score (nSPS) is 12.1. The van der Waals surface area contributed by atoms with Gasteiger partial charge in [-0.3, -0.25) is 9.36 Å². The van der Waals surface area contributed by atoms with Crippen molar-refractivity contribution < 1.29 is 18.7 Å². The van der Waals surface area contributed by atoms with Gasteiger partial charge in [0.2, 0.25) is 12.7 Å². The van der Waals surface area contributed by atoms with Crippen molar-refractivity contribution in [2.24, 2.45) is 0 Å². The number of rotatable bonds is 8. The maximum Gasteiger partial charge on any atom is 0.233 e. The predicted octanol–water partition coefficient (Wildman–Crippen LogP) is 4.94. The Morgan fingerprint density at radius 3 is 2.57 bits per heavy atom. The molecule has 0 unspecified atom stereocenters. The van der Waals surface area contributed by atoms with Crippen LogP contribution in [0.5, 0.6) is 11.5 Å². The third-order valence-electron chi connectivity index (χ3n) is 5.62. The van der Waals surface area contributed by atoms with Crippen LogP contribution in [0.4, 0.5) is 4.39 Å². The highest BCUT2D eigenvalue weighted by atomic mass is 32.2. The number of hydrogen-bond acceptors (Lipinski definition) is 6. The zero-order chi connectivity index (χ0) is 24.2. The first-order chi connectivity index (χ1) is 17.1. The standard InChI is InChI=1S/C26H23FN4O3S/c1-2-30(15-18-8-13-22-23(14-18)34-17-33-22)24(32)16-35-26-29-28-25(19-9-11-20(27)12-10-19)31(26)21-6-4-3-5-7-21/h3-14H,2,15-17H2,1H3.